The quantitative estimate of drug-likeness (QED) is 0.659. The number of fused-ring (bicyclic) bond motifs is 3. The van der Waals surface area contributed by atoms with Crippen molar-refractivity contribution in [3.8, 4) is 0 Å². The molecule has 1 heteroatoms. The second-order valence-corrected chi connectivity index (χ2v) is 9.42. The summed E-state index contributed by atoms with van der Waals surface area (Å²) in [6.45, 7) is 12.7. The minimum atomic E-state index is 0.312. The average molecular weight is 290 g/mol. The Morgan fingerprint density at radius 1 is 1.05 bits per heavy atom. The van der Waals surface area contributed by atoms with Crippen LogP contribution in [0.25, 0.3) is 0 Å². The van der Waals surface area contributed by atoms with Crippen molar-refractivity contribution >= 4 is 0 Å². The van der Waals surface area contributed by atoms with E-state index < -0.39 is 0 Å². The van der Waals surface area contributed by atoms with Crippen LogP contribution >= 0.6 is 0 Å². The molecule has 0 aromatic heterocycles. The van der Waals surface area contributed by atoms with Crippen molar-refractivity contribution in [2.75, 3.05) is 6.61 Å². The van der Waals surface area contributed by atoms with Crippen LogP contribution in [0.15, 0.2) is 11.6 Å². The highest BCUT2D eigenvalue weighted by Gasteiger charge is 2.60. The maximum Gasteiger partial charge on any atom is 0.0501 e. The topological polar surface area (TPSA) is 20.2 Å². The van der Waals surface area contributed by atoms with Gasteiger partial charge in [-0.3, -0.25) is 0 Å². The Bertz CT molecular complexity index is 449. The Kier molecular flexibility index (Phi) is 3.60. The molecular weight excluding hydrogens is 256 g/mol. The van der Waals surface area contributed by atoms with Crippen LogP contribution in [-0.2, 0) is 0 Å². The highest BCUT2D eigenvalue weighted by Crippen LogP contribution is 2.68. The van der Waals surface area contributed by atoms with E-state index in [9.17, 15) is 5.11 Å². The lowest BCUT2D eigenvalue weighted by Gasteiger charge is -2.65. The van der Waals surface area contributed by atoms with Gasteiger partial charge in [-0.2, -0.15) is 0 Å². The normalized spacial score (nSPS) is 49.0. The average Bonchev–Trinajstić information content (AvgIpc) is 2.36. The number of allylic oxidation sites excluding steroid dienone is 1. The van der Waals surface area contributed by atoms with Crippen LogP contribution in [0.4, 0.5) is 0 Å². The van der Waals surface area contributed by atoms with Crippen molar-refractivity contribution in [1.82, 2.24) is 0 Å². The molecule has 3 rings (SSSR count). The molecule has 2 saturated carbocycles. The third-order valence-corrected chi connectivity index (χ3v) is 8.04. The van der Waals surface area contributed by atoms with Gasteiger partial charge in [-0.1, -0.05) is 45.8 Å². The second kappa shape index (κ2) is 4.85. The smallest absolute Gasteiger partial charge is 0.0501 e. The number of aliphatic hydroxyl groups is 1. The zero-order valence-electron chi connectivity index (χ0n) is 14.7. The fourth-order valence-corrected chi connectivity index (χ4v) is 6.96. The summed E-state index contributed by atoms with van der Waals surface area (Å²) in [7, 11) is 0. The van der Waals surface area contributed by atoms with Gasteiger partial charge in [0.25, 0.3) is 0 Å². The van der Waals surface area contributed by atoms with E-state index in [1.165, 1.54) is 44.1 Å². The Balaban J connectivity index is 2.03. The molecule has 5 atom stereocenters. The number of hydrogen-bond donors (Lipinski definition) is 1. The Labute approximate surface area is 131 Å². The summed E-state index contributed by atoms with van der Waals surface area (Å²) in [4.78, 5) is 0. The first kappa shape index (κ1) is 15.6. The van der Waals surface area contributed by atoms with Gasteiger partial charge in [-0.05, 0) is 67.1 Å². The molecule has 0 aliphatic heterocycles. The van der Waals surface area contributed by atoms with Crippen molar-refractivity contribution in [3.05, 3.63) is 11.6 Å². The van der Waals surface area contributed by atoms with Gasteiger partial charge in [0, 0.05) is 5.92 Å². The zero-order valence-corrected chi connectivity index (χ0v) is 14.7. The molecule has 120 valence electrons. The van der Waals surface area contributed by atoms with Crippen molar-refractivity contribution in [1.29, 1.82) is 0 Å². The van der Waals surface area contributed by atoms with Gasteiger partial charge in [-0.15, -0.1) is 0 Å². The number of aliphatic hydroxyl groups excluding tert-OH is 1. The monoisotopic (exact) mass is 290 g/mol. The number of hydrogen-bond acceptors (Lipinski definition) is 1. The van der Waals surface area contributed by atoms with Crippen molar-refractivity contribution < 1.29 is 5.11 Å². The molecule has 1 nitrogen and oxygen atoms in total. The van der Waals surface area contributed by atoms with Gasteiger partial charge in [-0.25, -0.2) is 0 Å². The molecule has 1 N–H and O–H groups in total. The van der Waals surface area contributed by atoms with Crippen LogP contribution in [0.3, 0.4) is 0 Å². The largest absolute Gasteiger partial charge is 0.396 e. The molecule has 0 radical (unpaired) electrons. The molecule has 0 aromatic carbocycles. The van der Waals surface area contributed by atoms with E-state index in [2.05, 4.69) is 40.7 Å². The molecule has 2 unspecified atom stereocenters. The van der Waals surface area contributed by atoms with E-state index in [0.29, 0.717) is 28.8 Å². The standard InChI is InChI=1S/C20H34O/c1-14-7-8-17-19(4,15(14)13-21)12-9-16-18(2,3)10-6-11-20(16,17)5/h7,15-17,21H,6,8-13H2,1-5H3/t15-,16?,17?,19+,20+/m1/s1. The van der Waals surface area contributed by atoms with Crippen LogP contribution in [0.5, 0.6) is 0 Å². The van der Waals surface area contributed by atoms with Gasteiger partial charge in [0.1, 0.15) is 0 Å². The summed E-state index contributed by atoms with van der Waals surface area (Å²) < 4.78 is 0. The van der Waals surface area contributed by atoms with Gasteiger partial charge in [0.2, 0.25) is 0 Å². The molecule has 0 amide bonds. The van der Waals surface area contributed by atoms with E-state index in [0.717, 1.165) is 11.8 Å². The van der Waals surface area contributed by atoms with Gasteiger partial charge < -0.3 is 5.11 Å². The molecule has 21 heavy (non-hydrogen) atoms. The lowest BCUT2D eigenvalue weighted by atomic mass is 9.40. The minimum Gasteiger partial charge on any atom is -0.396 e. The third-order valence-electron chi connectivity index (χ3n) is 8.04. The Hall–Kier alpha value is -0.300. The van der Waals surface area contributed by atoms with Gasteiger partial charge in [0.15, 0.2) is 0 Å². The van der Waals surface area contributed by atoms with Gasteiger partial charge in [0.05, 0.1) is 6.61 Å². The lowest BCUT2D eigenvalue weighted by molar-refractivity contribution is -0.149. The predicted molar refractivity (Wildman–Crippen MR) is 89.0 cm³/mol. The molecule has 3 aliphatic rings. The van der Waals surface area contributed by atoms with Crippen LogP contribution in [-0.4, -0.2) is 11.7 Å². The predicted octanol–water partition coefficient (Wildman–Crippen LogP) is 5.19. The zero-order chi connectivity index (χ0) is 15.5. The Morgan fingerprint density at radius 3 is 2.43 bits per heavy atom. The first-order valence-electron chi connectivity index (χ1n) is 9.03. The lowest BCUT2D eigenvalue weighted by Crippen LogP contribution is -2.58. The fraction of sp³-hybridized carbons (Fsp3) is 0.900. The molecule has 0 heterocycles. The maximum atomic E-state index is 10.0. The van der Waals surface area contributed by atoms with Crippen LogP contribution in [0.1, 0.15) is 73.1 Å². The van der Waals surface area contributed by atoms with Crippen LogP contribution < -0.4 is 0 Å². The van der Waals surface area contributed by atoms with Crippen molar-refractivity contribution in [3.63, 3.8) is 0 Å². The molecule has 0 saturated heterocycles. The Morgan fingerprint density at radius 2 is 1.76 bits per heavy atom. The summed E-state index contributed by atoms with van der Waals surface area (Å²) in [5.41, 5.74) is 2.72. The third kappa shape index (κ3) is 2.06. The molecule has 0 spiro atoms. The van der Waals surface area contributed by atoms with E-state index in [4.69, 9.17) is 0 Å². The summed E-state index contributed by atoms with van der Waals surface area (Å²) in [6.07, 6.45) is 10.5. The highest BCUT2D eigenvalue weighted by molar-refractivity contribution is 5.20. The molecular formula is C20H34O. The molecule has 0 bridgehead atoms. The van der Waals surface area contributed by atoms with E-state index in [-0.39, 0.29) is 0 Å². The highest BCUT2D eigenvalue weighted by atomic mass is 16.3. The summed E-state index contributed by atoms with van der Waals surface area (Å²) in [6, 6.07) is 0. The minimum absolute atomic E-state index is 0.312. The van der Waals surface area contributed by atoms with E-state index in [1.807, 2.05) is 0 Å². The summed E-state index contributed by atoms with van der Waals surface area (Å²) >= 11 is 0. The maximum absolute atomic E-state index is 10.0. The molecule has 2 fully saturated rings. The van der Waals surface area contributed by atoms with Crippen molar-refractivity contribution in [2.45, 2.75) is 73.1 Å². The number of rotatable bonds is 1. The second-order valence-electron chi connectivity index (χ2n) is 9.42. The fourth-order valence-electron chi connectivity index (χ4n) is 6.96. The summed E-state index contributed by atoms with van der Waals surface area (Å²) in [5.74, 6) is 2.01. The van der Waals surface area contributed by atoms with Crippen LogP contribution in [0, 0.1) is 34.0 Å². The summed E-state index contributed by atoms with van der Waals surface area (Å²) in [5, 5.41) is 10.0. The first-order valence-corrected chi connectivity index (χ1v) is 9.03. The van der Waals surface area contributed by atoms with Crippen LogP contribution in [0.2, 0.25) is 0 Å². The molecule has 3 aliphatic carbocycles. The van der Waals surface area contributed by atoms with E-state index in [1.54, 1.807) is 0 Å². The SMILES string of the molecule is CC1=CCC2[C@@]3(C)CCCC(C)(C)C3CC[C@@]2(C)[C@@H]1CO. The van der Waals surface area contributed by atoms with Crippen molar-refractivity contribution in [2.24, 2.45) is 34.0 Å². The van der Waals surface area contributed by atoms with Gasteiger partial charge >= 0.3 is 0 Å². The molecule has 0 aromatic rings. The van der Waals surface area contributed by atoms with E-state index >= 15 is 0 Å². The first-order chi connectivity index (χ1) is 9.75.